The number of nitrogens with zero attached hydrogens (tertiary/aromatic N) is 2. The molecule has 0 saturated carbocycles. The first kappa shape index (κ1) is 17.2. The van der Waals surface area contributed by atoms with Crippen LogP contribution in [-0.4, -0.2) is 17.8 Å². The first-order valence-corrected chi connectivity index (χ1v) is 7.86. The molecule has 0 saturated heterocycles. The Morgan fingerprint density at radius 1 is 1.35 bits per heavy atom. The average Bonchev–Trinajstić information content (AvgIpc) is 2.81. The van der Waals surface area contributed by atoms with E-state index >= 15 is 0 Å². The number of nitrogens with one attached hydrogen (secondary N) is 1. The Bertz CT molecular complexity index is 674. The van der Waals surface area contributed by atoms with E-state index in [1.165, 1.54) is 29.2 Å². The van der Waals surface area contributed by atoms with Gasteiger partial charge in [-0.05, 0) is 62.8 Å². The summed E-state index contributed by atoms with van der Waals surface area (Å²) >= 11 is 0. The van der Waals surface area contributed by atoms with Crippen molar-refractivity contribution in [3.05, 3.63) is 46.8 Å². The summed E-state index contributed by atoms with van der Waals surface area (Å²) in [6, 6.07) is 4.66. The zero-order valence-corrected chi connectivity index (χ0v) is 14.3. The highest BCUT2D eigenvalue weighted by atomic mass is 19.1. The topological polar surface area (TPSA) is 62.8 Å². The van der Waals surface area contributed by atoms with Crippen LogP contribution in [0.4, 0.5) is 4.39 Å². The first-order valence-electron chi connectivity index (χ1n) is 7.86. The summed E-state index contributed by atoms with van der Waals surface area (Å²) in [7, 11) is 0. The van der Waals surface area contributed by atoms with Gasteiger partial charge in [0.05, 0.1) is 11.8 Å². The molecule has 2 atom stereocenters. The van der Waals surface area contributed by atoms with Gasteiger partial charge in [0.2, 0.25) is 5.96 Å². The smallest absolute Gasteiger partial charge is 0.221 e. The Hall–Kier alpha value is -2.17. The minimum absolute atomic E-state index is 0.0165. The Balaban J connectivity index is 2.09. The van der Waals surface area contributed by atoms with Gasteiger partial charge in [-0.1, -0.05) is 18.7 Å². The molecule has 0 fully saturated rings. The van der Waals surface area contributed by atoms with Crippen LogP contribution in [0.15, 0.2) is 34.5 Å². The molecule has 0 bridgehead atoms. The zero-order valence-electron chi connectivity index (χ0n) is 14.3. The van der Waals surface area contributed by atoms with Crippen molar-refractivity contribution in [2.45, 2.75) is 52.8 Å². The van der Waals surface area contributed by atoms with Gasteiger partial charge in [0.1, 0.15) is 12.0 Å². The summed E-state index contributed by atoms with van der Waals surface area (Å²) in [5.41, 5.74) is 11.3. The molecule has 1 aliphatic carbocycles. The van der Waals surface area contributed by atoms with Crippen LogP contribution in [0.2, 0.25) is 0 Å². The quantitative estimate of drug-likeness (QED) is 0.660. The van der Waals surface area contributed by atoms with E-state index in [4.69, 9.17) is 5.73 Å². The number of guanidine groups is 1. The van der Waals surface area contributed by atoms with Crippen LogP contribution in [0.1, 0.15) is 48.6 Å². The molecule has 2 rings (SSSR count). The molecular weight excluding hydrogens is 291 g/mol. The maximum absolute atomic E-state index is 13.1. The summed E-state index contributed by atoms with van der Waals surface area (Å²) in [5.74, 6) is 0.462. The summed E-state index contributed by atoms with van der Waals surface area (Å²) in [6.45, 7) is 11.1. The number of alkyl halides is 1. The minimum atomic E-state index is -1.14. The SMILES string of the molecule is C=C(/N=C(N)\N=C(/C)[C@@H](C)F)N[C@@H]1CCc2cc(C)c(C)cc21. The fraction of sp³-hybridized carbons (Fsp3) is 0.444. The van der Waals surface area contributed by atoms with Gasteiger partial charge in [0.25, 0.3) is 0 Å². The number of halogens is 1. The molecule has 23 heavy (non-hydrogen) atoms. The predicted molar refractivity (Wildman–Crippen MR) is 94.6 cm³/mol. The molecule has 0 radical (unpaired) electrons. The van der Waals surface area contributed by atoms with E-state index in [1.807, 2.05) is 0 Å². The van der Waals surface area contributed by atoms with Crippen LogP contribution in [0.5, 0.6) is 0 Å². The van der Waals surface area contributed by atoms with E-state index in [9.17, 15) is 4.39 Å². The molecule has 0 spiro atoms. The van der Waals surface area contributed by atoms with Gasteiger partial charge in [-0.2, -0.15) is 4.99 Å². The van der Waals surface area contributed by atoms with Gasteiger partial charge in [0, 0.05) is 0 Å². The lowest BCUT2D eigenvalue weighted by Crippen LogP contribution is -2.21. The second-order valence-electron chi connectivity index (χ2n) is 6.16. The van der Waals surface area contributed by atoms with Crippen molar-refractivity contribution in [2.75, 3.05) is 0 Å². The second-order valence-corrected chi connectivity index (χ2v) is 6.16. The van der Waals surface area contributed by atoms with Gasteiger partial charge < -0.3 is 11.1 Å². The van der Waals surface area contributed by atoms with E-state index in [-0.39, 0.29) is 12.0 Å². The molecule has 0 aromatic heterocycles. The normalized spacial score (nSPS) is 19.4. The van der Waals surface area contributed by atoms with Gasteiger partial charge in [-0.3, -0.25) is 0 Å². The molecule has 4 nitrogen and oxygen atoms in total. The van der Waals surface area contributed by atoms with E-state index < -0.39 is 6.17 Å². The fourth-order valence-corrected chi connectivity index (χ4v) is 2.71. The van der Waals surface area contributed by atoms with Crippen molar-refractivity contribution in [3.8, 4) is 0 Å². The van der Waals surface area contributed by atoms with Crippen LogP contribution in [0.3, 0.4) is 0 Å². The average molecular weight is 316 g/mol. The zero-order chi connectivity index (χ0) is 17.1. The van der Waals surface area contributed by atoms with E-state index in [0.29, 0.717) is 11.5 Å². The number of aliphatic imine (C=N–C) groups is 2. The summed E-state index contributed by atoms with van der Waals surface area (Å²) in [6.07, 6.45) is 0.895. The number of fused-ring (bicyclic) bond motifs is 1. The van der Waals surface area contributed by atoms with Crippen molar-refractivity contribution in [1.82, 2.24) is 5.32 Å². The van der Waals surface area contributed by atoms with Crippen LogP contribution in [0.25, 0.3) is 0 Å². The highest BCUT2D eigenvalue weighted by Gasteiger charge is 2.23. The molecular formula is C18H25FN4. The Kier molecular flexibility index (Phi) is 5.19. The van der Waals surface area contributed by atoms with Crippen molar-refractivity contribution in [1.29, 1.82) is 0 Å². The number of benzene rings is 1. The Morgan fingerprint density at radius 2 is 2.00 bits per heavy atom. The van der Waals surface area contributed by atoms with Gasteiger partial charge >= 0.3 is 0 Å². The number of nitrogens with two attached hydrogens (primary N) is 1. The van der Waals surface area contributed by atoms with Crippen molar-refractivity contribution in [3.63, 3.8) is 0 Å². The van der Waals surface area contributed by atoms with Crippen LogP contribution < -0.4 is 11.1 Å². The third kappa shape index (κ3) is 4.18. The molecule has 0 amide bonds. The maximum atomic E-state index is 13.1. The van der Waals surface area contributed by atoms with Crippen molar-refractivity contribution in [2.24, 2.45) is 15.7 Å². The molecule has 3 N–H and O–H groups in total. The minimum Gasteiger partial charge on any atom is -0.368 e. The lowest BCUT2D eigenvalue weighted by atomic mass is 10.0. The van der Waals surface area contributed by atoms with Crippen LogP contribution in [-0.2, 0) is 6.42 Å². The molecule has 124 valence electrons. The van der Waals surface area contributed by atoms with E-state index in [2.05, 4.69) is 47.9 Å². The molecule has 0 aliphatic heterocycles. The van der Waals surface area contributed by atoms with Crippen molar-refractivity contribution >= 4 is 11.7 Å². The molecule has 5 heteroatoms. The van der Waals surface area contributed by atoms with Crippen LogP contribution >= 0.6 is 0 Å². The van der Waals surface area contributed by atoms with Gasteiger partial charge in [-0.15, -0.1) is 0 Å². The maximum Gasteiger partial charge on any atom is 0.221 e. The summed E-state index contributed by atoms with van der Waals surface area (Å²) < 4.78 is 13.1. The van der Waals surface area contributed by atoms with Gasteiger partial charge in [0.15, 0.2) is 0 Å². The lowest BCUT2D eigenvalue weighted by molar-refractivity contribution is 0.453. The lowest BCUT2D eigenvalue weighted by Gasteiger charge is -2.16. The molecule has 0 unspecified atom stereocenters. The number of aryl methyl sites for hydroxylation is 3. The van der Waals surface area contributed by atoms with Gasteiger partial charge in [-0.25, -0.2) is 9.38 Å². The highest BCUT2D eigenvalue weighted by Crippen LogP contribution is 2.33. The molecule has 1 aliphatic rings. The van der Waals surface area contributed by atoms with E-state index in [0.717, 1.165) is 12.8 Å². The largest absolute Gasteiger partial charge is 0.368 e. The first-order chi connectivity index (χ1) is 10.8. The predicted octanol–water partition coefficient (Wildman–Crippen LogP) is 3.49. The standard InChI is InChI=1S/C18H25FN4/c1-10-8-15-6-7-17(16(15)9-11(10)2)22-14(5)23-18(20)21-13(4)12(3)19/h8-9,12,17,22H,5-7H2,1-4H3,(H2,20,23)/b21-13+/t12-,17-/m1/s1. The number of hydrogen-bond acceptors (Lipinski definition) is 2. The molecule has 0 heterocycles. The van der Waals surface area contributed by atoms with E-state index in [1.54, 1.807) is 6.92 Å². The summed E-state index contributed by atoms with van der Waals surface area (Å²) in [5, 5.41) is 3.29. The number of rotatable bonds is 4. The Morgan fingerprint density at radius 3 is 2.65 bits per heavy atom. The molecule has 1 aromatic carbocycles. The fourth-order valence-electron chi connectivity index (χ4n) is 2.71. The monoisotopic (exact) mass is 316 g/mol. The number of hydrogen-bond donors (Lipinski definition) is 2. The Labute approximate surface area is 137 Å². The molecule has 1 aromatic rings. The second kappa shape index (κ2) is 6.94. The third-order valence-electron chi connectivity index (χ3n) is 4.29. The summed E-state index contributed by atoms with van der Waals surface area (Å²) in [4.78, 5) is 8.04. The third-order valence-corrected chi connectivity index (χ3v) is 4.29. The highest BCUT2D eigenvalue weighted by molar-refractivity contribution is 5.97. The van der Waals surface area contributed by atoms with Crippen LogP contribution in [0, 0.1) is 13.8 Å². The van der Waals surface area contributed by atoms with Crippen molar-refractivity contribution < 1.29 is 4.39 Å².